The average Bonchev–Trinajstić information content (AvgIpc) is 2.89. The Hall–Kier alpha value is -2.93. The molecule has 184 valence electrons. The number of hydrogen-bond acceptors (Lipinski definition) is 5. The molecule has 3 aromatic carbocycles. The van der Waals surface area contributed by atoms with Gasteiger partial charge in [-0.2, -0.15) is 0 Å². The molecule has 1 fully saturated rings. The van der Waals surface area contributed by atoms with Crippen LogP contribution >= 0.6 is 0 Å². The number of methoxy groups -OCH3 is 2. The zero-order valence-corrected chi connectivity index (χ0v) is 20.2. The molecule has 2 heterocycles. The van der Waals surface area contributed by atoms with E-state index in [1.54, 1.807) is 32.4 Å². The Morgan fingerprint density at radius 2 is 1.66 bits per heavy atom. The Morgan fingerprint density at radius 1 is 0.943 bits per heavy atom. The molecule has 35 heavy (non-hydrogen) atoms. The topological polar surface area (TPSA) is 51.2 Å². The number of aromatic hydroxyl groups is 1. The van der Waals surface area contributed by atoms with Crippen molar-refractivity contribution >= 4 is 5.69 Å². The third-order valence-electron chi connectivity index (χ3n) is 7.38. The third-order valence-corrected chi connectivity index (χ3v) is 7.38. The van der Waals surface area contributed by atoms with Crippen molar-refractivity contribution in [1.29, 1.82) is 0 Å². The summed E-state index contributed by atoms with van der Waals surface area (Å²) in [6.45, 7) is 2.03. The van der Waals surface area contributed by atoms with Crippen molar-refractivity contribution in [2.45, 2.75) is 37.8 Å². The number of halogens is 1. The number of hydrogen-bond donors (Lipinski definition) is 1. The van der Waals surface area contributed by atoms with Gasteiger partial charge in [-0.25, -0.2) is 4.39 Å². The fourth-order valence-corrected chi connectivity index (χ4v) is 5.60. The Kier molecular flexibility index (Phi) is 7.04. The molecule has 0 amide bonds. The highest BCUT2D eigenvalue weighted by Gasteiger charge is 2.35. The summed E-state index contributed by atoms with van der Waals surface area (Å²) < 4.78 is 32.9. The molecule has 1 N–H and O–H groups in total. The molecule has 0 radical (unpaired) electrons. The SMILES string of the molecule is COC(OC)C1CCN(c2ccc(C3c4ccc(O)cc4COC3c3ccccc3)c(F)c2)CC1. The summed E-state index contributed by atoms with van der Waals surface area (Å²) in [5.41, 5.74) is 4.37. The fraction of sp³-hybridized carbons (Fsp3) is 0.379. The summed E-state index contributed by atoms with van der Waals surface area (Å²) in [6.07, 6.45) is 1.35. The van der Waals surface area contributed by atoms with Crippen molar-refractivity contribution in [3.8, 4) is 5.75 Å². The normalized spacial score (nSPS) is 20.7. The van der Waals surface area contributed by atoms with Gasteiger partial charge in [-0.3, -0.25) is 0 Å². The molecule has 5 rings (SSSR count). The van der Waals surface area contributed by atoms with Crippen LogP contribution < -0.4 is 4.90 Å². The van der Waals surface area contributed by atoms with E-state index >= 15 is 4.39 Å². The van der Waals surface area contributed by atoms with E-state index in [9.17, 15) is 5.11 Å². The number of fused-ring (bicyclic) bond motifs is 1. The van der Waals surface area contributed by atoms with Crippen LogP contribution in [0.5, 0.6) is 5.75 Å². The van der Waals surface area contributed by atoms with Crippen LogP contribution in [0.1, 0.15) is 47.1 Å². The number of nitrogens with zero attached hydrogens (tertiary/aromatic N) is 1. The monoisotopic (exact) mass is 477 g/mol. The molecule has 2 unspecified atom stereocenters. The van der Waals surface area contributed by atoms with E-state index in [-0.39, 0.29) is 29.9 Å². The Morgan fingerprint density at radius 3 is 2.34 bits per heavy atom. The van der Waals surface area contributed by atoms with E-state index in [0.29, 0.717) is 18.1 Å². The lowest BCUT2D eigenvalue weighted by Crippen LogP contribution is -2.39. The van der Waals surface area contributed by atoms with E-state index in [1.165, 1.54) is 0 Å². The number of phenolic OH excluding ortho intramolecular Hbond substituents is 1. The van der Waals surface area contributed by atoms with E-state index in [0.717, 1.165) is 48.3 Å². The van der Waals surface area contributed by atoms with Crippen LogP contribution in [0.4, 0.5) is 10.1 Å². The van der Waals surface area contributed by atoms with Crippen molar-refractivity contribution in [3.05, 3.63) is 94.8 Å². The van der Waals surface area contributed by atoms with Crippen LogP contribution in [0.15, 0.2) is 66.7 Å². The summed E-state index contributed by atoms with van der Waals surface area (Å²) in [5, 5.41) is 10.00. The quantitative estimate of drug-likeness (QED) is 0.457. The van der Waals surface area contributed by atoms with Crippen molar-refractivity contribution in [2.24, 2.45) is 5.92 Å². The molecule has 0 aliphatic carbocycles. The largest absolute Gasteiger partial charge is 0.508 e. The lowest BCUT2D eigenvalue weighted by atomic mass is 9.79. The van der Waals surface area contributed by atoms with Gasteiger partial charge in [-0.15, -0.1) is 0 Å². The van der Waals surface area contributed by atoms with Crippen LogP contribution in [-0.2, 0) is 20.8 Å². The zero-order valence-electron chi connectivity index (χ0n) is 20.2. The number of phenols is 1. The minimum Gasteiger partial charge on any atom is -0.508 e. The summed E-state index contributed by atoms with van der Waals surface area (Å²) in [6, 6.07) is 20.8. The lowest BCUT2D eigenvalue weighted by Gasteiger charge is -2.37. The molecule has 6 heteroatoms. The fourth-order valence-electron chi connectivity index (χ4n) is 5.60. The predicted octanol–water partition coefficient (Wildman–Crippen LogP) is 5.77. The van der Waals surface area contributed by atoms with E-state index < -0.39 is 0 Å². The maximum atomic E-state index is 15.8. The molecule has 2 atom stereocenters. The van der Waals surface area contributed by atoms with Gasteiger partial charge in [0.2, 0.25) is 0 Å². The molecule has 0 bridgehead atoms. The lowest BCUT2D eigenvalue weighted by molar-refractivity contribution is -0.141. The van der Waals surface area contributed by atoms with E-state index in [1.807, 2.05) is 48.5 Å². The van der Waals surface area contributed by atoms with Crippen molar-refractivity contribution < 1.29 is 23.7 Å². The first-order chi connectivity index (χ1) is 17.1. The Balaban J connectivity index is 1.44. The van der Waals surface area contributed by atoms with Crippen LogP contribution in [0.25, 0.3) is 0 Å². The number of ether oxygens (including phenoxy) is 3. The highest BCUT2D eigenvalue weighted by Crippen LogP contribution is 2.46. The molecule has 1 saturated heterocycles. The summed E-state index contributed by atoms with van der Waals surface area (Å²) in [5.74, 6) is -0.0329. The summed E-state index contributed by atoms with van der Waals surface area (Å²) in [7, 11) is 3.34. The first-order valence-electron chi connectivity index (χ1n) is 12.2. The maximum Gasteiger partial charge on any atom is 0.159 e. The van der Waals surface area contributed by atoms with Crippen molar-refractivity contribution in [3.63, 3.8) is 0 Å². The van der Waals surface area contributed by atoms with Crippen LogP contribution in [0.3, 0.4) is 0 Å². The predicted molar refractivity (Wildman–Crippen MR) is 133 cm³/mol. The van der Waals surface area contributed by atoms with Gasteiger partial charge in [0, 0.05) is 44.8 Å². The van der Waals surface area contributed by atoms with Crippen LogP contribution in [-0.4, -0.2) is 38.7 Å². The van der Waals surface area contributed by atoms with Crippen LogP contribution in [0, 0.1) is 11.7 Å². The molecular weight excluding hydrogens is 445 g/mol. The molecule has 0 saturated carbocycles. The van der Waals surface area contributed by atoms with Crippen molar-refractivity contribution in [2.75, 3.05) is 32.2 Å². The molecule has 2 aliphatic heterocycles. The molecule has 0 spiro atoms. The number of rotatable bonds is 6. The zero-order chi connectivity index (χ0) is 24.4. The minimum absolute atomic E-state index is 0.188. The number of anilines is 1. The Bertz CT molecular complexity index is 1140. The van der Waals surface area contributed by atoms with Gasteiger partial charge in [0.05, 0.1) is 12.7 Å². The van der Waals surface area contributed by atoms with Gasteiger partial charge >= 0.3 is 0 Å². The highest BCUT2D eigenvalue weighted by molar-refractivity contribution is 5.52. The van der Waals surface area contributed by atoms with Crippen LogP contribution in [0.2, 0.25) is 0 Å². The first-order valence-corrected chi connectivity index (χ1v) is 12.2. The second-order valence-corrected chi connectivity index (χ2v) is 9.37. The van der Waals surface area contributed by atoms with E-state index in [2.05, 4.69) is 4.90 Å². The van der Waals surface area contributed by atoms with Gasteiger partial charge in [0.1, 0.15) is 11.6 Å². The Labute approximate surface area is 206 Å². The number of piperidine rings is 1. The number of benzene rings is 3. The molecule has 3 aromatic rings. The van der Waals surface area contributed by atoms with Gasteiger partial charge in [0.15, 0.2) is 6.29 Å². The standard InChI is InChI=1S/C29H32FNO4/c1-33-29(34-2)20-12-14-31(15-13-20)22-8-10-25(26(30)17-22)27-24-11-9-23(32)16-21(24)18-35-28(27)19-6-4-3-5-7-19/h3-11,16-17,20,27-29,32H,12-15,18H2,1-2H3. The van der Waals surface area contributed by atoms with Gasteiger partial charge in [-0.05, 0) is 59.4 Å². The van der Waals surface area contributed by atoms with Gasteiger partial charge < -0.3 is 24.2 Å². The summed E-state index contributed by atoms with van der Waals surface area (Å²) >= 11 is 0. The van der Waals surface area contributed by atoms with Crippen molar-refractivity contribution in [1.82, 2.24) is 0 Å². The average molecular weight is 478 g/mol. The second kappa shape index (κ2) is 10.4. The molecule has 2 aliphatic rings. The molecule has 5 nitrogen and oxygen atoms in total. The van der Waals surface area contributed by atoms with E-state index in [4.69, 9.17) is 14.2 Å². The minimum atomic E-state index is -0.315. The van der Waals surface area contributed by atoms with Gasteiger partial charge in [0.25, 0.3) is 0 Å². The molecule has 0 aromatic heterocycles. The second-order valence-electron chi connectivity index (χ2n) is 9.37. The highest BCUT2D eigenvalue weighted by atomic mass is 19.1. The maximum absolute atomic E-state index is 15.8. The summed E-state index contributed by atoms with van der Waals surface area (Å²) in [4.78, 5) is 2.23. The molecular formula is C29H32FNO4. The smallest absolute Gasteiger partial charge is 0.159 e. The van der Waals surface area contributed by atoms with Gasteiger partial charge in [-0.1, -0.05) is 42.5 Å². The third kappa shape index (κ3) is 4.79. The first kappa shape index (κ1) is 23.8.